The second-order valence-electron chi connectivity index (χ2n) is 7.89. The van der Waals surface area contributed by atoms with Gasteiger partial charge in [0.25, 0.3) is 5.91 Å². The van der Waals surface area contributed by atoms with Gasteiger partial charge in [-0.1, -0.05) is 31.7 Å². The third kappa shape index (κ3) is 5.18. The summed E-state index contributed by atoms with van der Waals surface area (Å²) in [6.07, 6.45) is 6.90. The van der Waals surface area contributed by atoms with Crippen LogP contribution in [0, 0.1) is 5.21 Å². The molecule has 1 fully saturated rings. The number of fused-ring (bicyclic) bond motifs is 1. The van der Waals surface area contributed by atoms with Gasteiger partial charge in [-0.3, -0.25) is 19.6 Å². The van der Waals surface area contributed by atoms with E-state index >= 15 is 0 Å². The van der Waals surface area contributed by atoms with Crippen LogP contribution in [-0.4, -0.2) is 41.5 Å². The van der Waals surface area contributed by atoms with Gasteiger partial charge in [-0.25, -0.2) is 4.79 Å². The first-order chi connectivity index (χ1) is 14.0. The van der Waals surface area contributed by atoms with Crippen LogP contribution in [0.5, 0.6) is 0 Å². The number of halogens is 1. The van der Waals surface area contributed by atoms with Crippen LogP contribution < -0.4 is 16.4 Å². The fraction of sp³-hybridized carbons (Fsp3) is 0.571. The highest BCUT2D eigenvalue weighted by atomic mass is 35.5. The number of anilines is 1. The number of quaternary nitrogens is 1. The number of hydrogen-bond donors (Lipinski definition) is 3. The molecule has 0 saturated carbocycles. The van der Waals surface area contributed by atoms with Crippen molar-refractivity contribution in [1.82, 2.24) is 5.32 Å². The molecule has 1 aromatic rings. The lowest BCUT2D eigenvalue weighted by Crippen LogP contribution is -2.60. The van der Waals surface area contributed by atoms with Gasteiger partial charge in [-0.05, 0) is 31.5 Å². The Hall–Kier alpha value is -2.00. The molecule has 2 aliphatic rings. The molecule has 1 aromatic carbocycles. The Bertz CT molecular complexity index is 788. The van der Waals surface area contributed by atoms with Crippen molar-refractivity contribution in [3.8, 4) is 0 Å². The molecule has 0 bridgehead atoms. The molecule has 166 valence electrons. The maximum Gasteiger partial charge on any atom is 0.347 e. The molecule has 3 amide bonds. The number of hydroxylamine groups is 3. The molecule has 2 aliphatic heterocycles. The predicted octanol–water partition coefficient (Wildman–Crippen LogP) is 2.59. The Labute approximate surface area is 183 Å². The molecule has 0 spiro atoms. The number of imide groups is 1. The highest BCUT2D eigenvalue weighted by Crippen LogP contribution is 2.37. The monoisotopic (exact) mass is 438 g/mol. The third-order valence-electron chi connectivity index (χ3n) is 5.80. The topological polar surface area (TPSA) is 124 Å². The summed E-state index contributed by atoms with van der Waals surface area (Å²) in [6.45, 7) is 1.43. The Morgan fingerprint density at radius 3 is 2.50 bits per heavy atom. The van der Waals surface area contributed by atoms with Gasteiger partial charge in [-0.2, -0.15) is 0 Å². The van der Waals surface area contributed by atoms with E-state index in [0.29, 0.717) is 11.1 Å². The summed E-state index contributed by atoms with van der Waals surface area (Å²) in [6, 6.07) is 4.19. The van der Waals surface area contributed by atoms with Gasteiger partial charge in [0, 0.05) is 30.6 Å². The zero-order valence-electron chi connectivity index (χ0n) is 17.2. The molecular weight excluding hydrogens is 408 g/mol. The van der Waals surface area contributed by atoms with Crippen LogP contribution in [0.25, 0.3) is 0 Å². The summed E-state index contributed by atoms with van der Waals surface area (Å²) in [4.78, 5) is 36.4. The van der Waals surface area contributed by atoms with Crippen LogP contribution in [0.4, 0.5) is 5.69 Å². The van der Waals surface area contributed by atoms with Gasteiger partial charge in [0.05, 0.1) is 5.56 Å². The predicted molar refractivity (Wildman–Crippen MR) is 117 cm³/mol. The molecule has 0 aromatic heterocycles. The van der Waals surface area contributed by atoms with Crippen LogP contribution in [0.2, 0.25) is 0 Å². The van der Waals surface area contributed by atoms with Crippen molar-refractivity contribution >= 4 is 35.8 Å². The quantitative estimate of drug-likeness (QED) is 0.223. The van der Waals surface area contributed by atoms with E-state index in [0.717, 1.165) is 38.0 Å². The van der Waals surface area contributed by atoms with Crippen molar-refractivity contribution in [3.05, 3.63) is 34.5 Å². The average molecular weight is 439 g/mol. The fourth-order valence-electron chi connectivity index (χ4n) is 4.17. The van der Waals surface area contributed by atoms with Crippen LogP contribution in [0.15, 0.2) is 18.2 Å². The fourth-order valence-corrected chi connectivity index (χ4v) is 4.17. The normalized spacial score (nSPS) is 23.0. The minimum Gasteiger partial charge on any atom is -0.624 e. The van der Waals surface area contributed by atoms with E-state index in [4.69, 9.17) is 5.73 Å². The first-order valence-corrected chi connectivity index (χ1v) is 10.5. The zero-order chi connectivity index (χ0) is 20.9. The lowest BCUT2D eigenvalue weighted by molar-refractivity contribution is -0.825. The van der Waals surface area contributed by atoms with E-state index in [9.17, 15) is 19.6 Å². The maximum absolute atomic E-state index is 13.4. The van der Waals surface area contributed by atoms with E-state index in [1.165, 1.54) is 19.3 Å². The van der Waals surface area contributed by atoms with E-state index in [1.54, 1.807) is 12.1 Å². The largest absolute Gasteiger partial charge is 0.624 e. The SMILES string of the molecule is Cl.NCCCCCCCCNc1cccc2c1C[N+]([O-])(C1CCC(=O)NC1=O)C2=O. The molecule has 8 nitrogen and oxygen atoms in total. The Balaban J connectivity index is 0.00000320. The van der Waals surface area contributed by atoms with Gasteiger partial charge < -0.3 is 16.3 Å². The molecule has 1 saturated heterocycles. The molecular formula is C21H31ClN4O4. The summed E-state index contributed by atoms with van der Waals surface area (Å²) in [5.74, 6) is -1.65. The van der Waals surface area contributed by atoms with E-state index in [2.05, 4.69) is 10.6 Å². The maximum atomic E-state index is 13.4. The van der Waals surface area contributed by atoms with Crippen LogP contribution in [0.1, 0.15) is 67.3 Å². The van der Waals surface area contributed by atoms with Gasteiger partial charge in [0.2, 0.25) is 5.91 Å². The molecule has 2 heterocycles. The van der Waals surface area contributed by atoms with Crippen molar-refractivity contribution in [3.63, 3.8) is 0 Å². The summed E-state index contributed by atoms with van der Waals surface area (Å²) < 4.78 is -1.24. The second-order valence-corrected chi connectivity index (χ2v) is 7.89. The number of unbranched alkanes of at least 4 members (excludes halogenated alkanes) is 5. The number of piperidine rings is 1. The van der Waals surface area contributed by atoms with Crippen LogP contribution in [0.3, 0.4) is 0 Å². The Morgan fingerprint density at radius 1 is 1.10 bits per heavy atom. The number of carbonyl (C=O) groups is 3. The van der Waals surface area contributed by atoms with E-state index < -0.39 is 28.4 Å². The summed E-state index contributed by atoms with van der Waals surface area (Å²) in [5.41, 5.74) is 7.31. The summed E-state index contributed by atoms with van der Waals surface area (Å²) in [7, 11) is 0. The highest BCUT2D eigenvalue weighted by molar-refractivity contribution is 6.02. The molecule has 30 heavy (non-hydrogen) atoms. The third-order valence-corrected chi connectivity index (χ3v) is 5.80. The van der Waals surface area contributed by atoms with Crippen molar-refractivity contribution in [2.24, 2.45) is 5.73 Å². The summed E-state index contributed by atoms with van der Waals surface area (Å²) >= 11 is 0. The molecule has 4 N–H and O–H groups in total. The second kappa shape index (κ2) is 10.9. The van der Waals surface area contributed by atoms with E-state index in [-0.39, 0.29) is 31.8 Å². The number of benzene rings is 1. The van der Waals surface area contributed by atoms with Crippen molar-refractivity contribution in [2.75, 3.05) is 18.4 Å². The lowest BCUT2D eigenvalue weighted by atomic mass is 10.0. The minimum atomic E-state index is -1.24. The van der Waals surface area contributed by atoms with Gasteiger partial charge in [0.1, 0.15) is 6.54 Å². The molecule has 2 unspecified atom stereocenters. The standard InChI is InChI=1S/C21H30N4O4.ClH/c22-12-5-3-1-2-4-6-13-23-17-9-7-8-15-16(17)14-25(29,21(15)28)18-10-11-19(26)24-20(18)27;/h7-9,18,23H,1-6,10-14,22H2,(H,24,26,27);1H. The van der Waals surface area contributed by atoms with E-state index in [1.807, 2.05) is 6.07 Å². The lowest BCUT2D eigenvalue weighted by Gasteiger charge is -2.42. The number of nitrogens with two attached hydrogens (primary N) is 1. The number of rotatable bonds is 10. The zero-order valence-corrected chi connectivity index (χ0v) is 18.0. The van der Waals surface area contributed by atoms with Crippen molar-refractivity contribution in [1.29, 1.82) is 0 Å². The summed E-state index contributed by atoms with van der Waals surface area (Å²) in [5, 5.41) is 18.9. The number of nitrogens with one attached hydrogen (secondary N) is 2. The molecule has 0 radical (unpaired) electrons. The van der Waals surface area contributed by atoms with Crippen molar-refractivity contribution in [2.45, 2.75) is 64.0 Å². The van der Waals surface area contributed by atoms with Crippen LogP contribution in [-0.2, 0) is 16.1 Å². The van der Waals surface area contributed by atoms with Gasteiger partial charge in [-0.15, -0.1) is 12.4 Å². The smallest absolute Gasteiger partial charge is 0.347 e. The van der Waals surface area contributed by atoms with Crippen LogP contribution >= 0.6 is 12.4 Å². The Kier molecular flexibility index (Phi) is 8.78. The number of hydrogen-bond acceptors (Lipinski definition) is 6. The van der Waals surface area contributed by atoms with Crippen molar-refractivity contribution < 1.29 is 19.0 Å². The minimum absolute atomic E-state index is 0. The number of amides is 3. The molecule has 9 heteroatoms. The van der Waals surface area contributed by atoms with Gasteiger partial charge >= 0.3 is 5.91 Å². The highest BCUT2D eigenvalue weighted by Gasteiger charge is 2.49. The first-order valence-electron chi connectivity index (χ1n) is 10.5. The molecule has 0 aliphatic carbocycles. The number of nitrogens with zero attached hydrogens (tertiary/aromatic N) is 1. The first kappa shape index (κ1) is 24.3. The average Bonchev–Trinajstić information content (AvgIpc) is 2.96. The van der Waals surface area contributed by atoms with Gasteiger partial charge in [0.15, 0.2) is 6.04 Å². The molecule has 3 rings (SSSR count). The number of carbonyl (C=O) groups excluding carboxylic acids is 3. The Morgan fingerprint density at radius 2 is 1.80 bits per heavy atom. The molecule has 2 atom stereocenters.